The van der Waals surface area contributed by atoms with Gasteiger partial charge in [-0.05, 0) is 106 Å². The van der Waals surface area contributed by atoms with Gasteiger partial charge in [0.05, 0.1) is 66.6 Å². The number of nitriles is 2. The van der Waals surface area contributed by atoms with Crippen molar-refractivity contribution in [2.75, 3.05) is 0 Å². The van der Waals surface area contributed by atoms with E-state index in [2.05, 4.69) is 237 Å². The molecule has 0 radical (unpaired) electrons. The monoisotopic (exact) mass is 888 g/mol. The summed E-state index contributed by atoms with van der Waals surface area (Å²) in [6.07, 6.45) is 0. The highest BCUT2D eigenvalue weighted by molar-refractivity contribution is 6.28. The maximum atomic E-state index is 11.0. The van der Waals surface area contributed by atoms with Crippen LogP contribution in [-0.2, 0) is 0 Å². The first kappa shape index (κ1) is 38.2. The lowest BCUT2D eigenvalue weighted by Crippen LogP contribution is -2.00. The molecule has 0 unspecified atom stereocenters. The molecule has 0 aliphatic rings. The van der Waals surface area contributed by atoms with Crippen molar-refractivity contribution in [1.82, 2.24) is 18.3 Å². The average molecular weight is 889 g/mol. The Kier molecular flexibility index (Phi) is 7.82. The van der Waals surface area contributed by atoms with E-state index in [1.807, 2.05) is 12.1 Å². The van der Waals surface area contributed by atoms with Gasteiger partial charge in [-0.15, -0.1) is 0 Å². The molecule has 0 bridgehead atoms. The Hall–Kier alpha value is -9.88. The third-order valence-electron chi connectivity index (χ3n) is 14.8. The van der Waals surface area contributed by atoms with Crippen molar-refractivity contribution in [3.05, 3.63) is 230 Å². The lowest BCUT2D eigenvalue weighted by Gasteiger charge is -2.15. The number of hydrogen-bond acceptors (Lipinski definition) is 2. The van der Waals surface area contributed by atoms with Crippen LogP contribution in [0.1, 0.15) is 11.1 Å². The quantitative estimate of drug-likeness (QED) is 0.165. The van der Waals surface area contributed by atoms with Crippen molar-refractivity contribution in [3.63, 3.8) is 0 Å². The van der Waals surface area contributed by atoms with Crippen molar-refractivity contribution in [2.45, 2.75) is 0 Å². The van der Waals surface area contributed by atoms with Gasteiger partial charge in [-0.2, -0.15) is 10.5 Å². The lowest BCUT2D eigenvalue weighted by molar-refractivity contribution is 1.17. The summed E-state index contributed by atoms with van der Waals surface area (Å²) in [5.41, 5.74) is 13.5. The maximum Gasteiger partial charge on any atom is 0.101 e. The molecule has 0 fully saturated rings. The van der Waals surface area contributed by atoms with E-state index in [1.54, 1.807) is 0 Å². The Morgan fingerprint density at radius 2 is 0.629 bits per heavy atom. The molecule has 6 nitrogen and oxygen atoms in total. The van der Waals surface area contributed by atoms with Crippen molar-refractivity contribution in [1.29, 1.82) is 10.5 Å². The molecule has 0 atom stereocenters. The summed E-state index contributed by atoms with van der Waals surface area (Å²) in [5, 5.41) is 35.2. The highest BCUT2D eigenvalue weighted by Gasteiger charge is 2.25. The molecule has 70 heavy (non-hydrogen) atoms. The maximum absolute atomic E-state index is 11.0. The molecule has 0 saturated carbocycles. The number of hydrogen-bond donors (Lipinski definition) is 0. The first-order chi connectivity index (χ1) is 34.7. The van der Waals surface area contributed by atoms with Gasteiger partial charge in [0.15, 0.2) is 0 Å². The molecule has 322 valence electrons. The molecule has 0 spiro atoms. The van der Waals surface area contributed by atoms with Crippen LogP contribution in [0.4, 0.5) is 0 Å². The summed E-state index contributed by atoms with van der Waals surface area (Å²) in [4.78, 5) is 0. The SMILES string of the molecule is N#Cc1cc2ccc3cc(C#N)c(-n4c5ccccc5c5c4ccc4c6ccccc6n(-c6ccccc6)c45)cc3c2cc1-n1c2ccccc2c2c1ccc1c3ccccc3n(-c3ccccc3)c12. The van der Waals surface area contributed by atoms with E-state index in [0.717, 1.165) is 110 Å². The van der Waals surface area contributed by atoms with Gasteiger partial charge >= 0.3 is 0 Å². The van der Waals surface area contributed by atoms with Crippen LogP contribution in [0.3, 0.4) is 0 Å². The number of fused-ring (bicyclic) bond motifs is 17. The fraction of sp³-hybridized carbons (Fsp3) is 0. The van der Waals surface area contributed by atoms with Gasteiger partial charge in [0.1, 0.15) is 12.1 Å². The first-order valence-electron chi connectivity index (χ1n) is 23.6. The Morgan fingerprint density at radius 3 is 1.03 bits per heavy atom. The Morgan fingerprint density at radius 1 is 0.271 bits per heavy atom. The molecule has 0 aliphatic heterocycles. The zero-order valence-corrected chi connectivity index (χ0v) is 37.5. The molecule has 15 rings (SSSR count). The van der Waals surface area contributed by atoms with Crippen LogP contribution >= 0.6 is 0 Å². The Balaban J connectivity index is 1.03. The van der Waals surface area contributed by atoms with Crippen LogP contribution in [0.25, 0.3) is 132 Å². The van der Waals surface area contributed by atoms with Gasteiger partial charge in [-0.25, -0.2) is 0 Å². The smallest absolute Gasteiger partial charge is 0.101 e. The fourth-order valence-electron chi connectivity index (χ4n) is 11.9. The number of benzene rings is 11. The minimum absolute atomic E-state index is 0.576. The van der Waals surface area contributed by atoms with Crippen LogP contribution in [0.15, 0.2) is 218 Å². The Labute approximate surface area is 400 Å². The molecule has 11 aromatic carbocycles. The predicted molar refractivity (Wildman–Crippen MR) is 288 cm³/mol. The van der Waals surface area contributed by atoms with Gasteiger partial charge in [0, 0.05) is 54.5 Å². The third kappa shape index (κ3) is 5.08. The molecule has 15 aromatic rings. The largest absolute Gasteiger partial charge is 0.309 e. The summed E-state index contributed by atoms with van der Waals surface area (Å²) < 4.78 is 9.33. The van der Waals surface area contributed by atoms with E-state index in [9.17, 15) is 10.5 Å². The van der Waals surface area contributed by atoms with E-state index in [4.69, 9.17) is 0 Å². The summed E-state index contributed by atoms with van der Waals surface area (Å²) in [6.45, 7) is 0. The van der Waals surface area contributed by atoms with Gasteiger partial charge in [-0.1, -0.05) is 133 Å². The van der Waals surface area contributed by atoms with Crippen LogP contribution in [0.5, 0.6) is 0 Å². The van der Waals surface area contributed by atoms with Crippen molar-refractivity contribution < 1.29 is 0 Å². The van der Waals surface area contributed by atoms with Gasteiger partial charge in [0.25, 0.3) is 0 Å². The second kappa shape index (κ2) is 14.3. The highest BCUT2D eigenvalue weighted by Crippen LogP contribution is 2.45. The van der Waals surface area contributed by atoms with Crippen LogP contribution in [-0.4, -0.2) is 18.3 Å². The number of para-hydroxylation sites is 6. The van der Waals surface area contributed by atoms with Crippen molar-refractivity contribution in [3.8, 4) is 34.9 Å². The topological polar surface area (TPSA) is 67.3 Å². The number of rotatable bonds is 4. The molecule has 0 N–H and O–H groups in total. The van der Waals surface area contributed by atoms with Crippen LogP contribution < -0.4 is 0 Å². The summed E-state index contributed by atoms with van der Waals surface area (Å²) in [6, 6.07) is 82.3. The normalized spacial score (nSPS) is 12.0. The molecule has 0 amide bonds. The van der Waals surface area contributed by atoms with E-state index in [1.165, 1.54) is 21.5 Å². The first-order valence-corrected chi connectivity index (χ1v) is 23.6. The molecular formula is C64H36N6. The molecule has 4 heterocycles. The van der Waals surface area contributed by atoms with Crippen molar-refractivity contribution >= 4 is 109 Å². The van der Waals surface area contributed by atoms with E-state index < -0.39 is 0 Å². The lowest BCUT2D eigenvalue weighted by atomic mass is 9.96. The molecular weight excluding hydrogens is 853 g/mol. The highest BCUT2D eigenvalue weighted by atomic mass is 15.0. The standard InChI is InChI=1S/C64H36N6/c65-37-41-33-39-27-28-40-34-42(38-66)60(70-56-26-14-10-22-50(56)62-58(70)32-30-48-46-20-8-12-24-54(46)68(64(48)62)44-17-5-2-6-18-44)36-52(40)51(39)35-59(41)69-55-25-13-9-21-49(55)61-57(69)31-29-47-45-19-7-11-23-53(45)67(63(47)61)43-15-3-1-4-16-43/h1-36H. The molecule has 4 aromatic heterocycles. The molecule has 0 saturated heterocycles. The predicted octanol–water partition coefficient (Wildman–Crippen LogP) is 16.1. The Bertz CT molecular complexity index is 4530. The van der Waals surface area contributed by atoms with E-state index in [0.29, 0.717) is 11.1 Å². The van der Waals surface area contributed by atoms with Gasteiger partial charge < -0.3 is 18.3 Å². The summed E-state index contributed by atoms with van der Waals surface area (Å²) in [7, 11) is 0. The molecule has 6 heteroatoms. The number of aromatic nitrogens is 4. The van der Waals surface area contributed by atoms with Gasteiger partial charge in [-0.3, -0.25) is 0 Å². The second-order valence-electron chi connectivity index (χ2n) is 18.3. The second-order valence-corrected chi connectivity index (χ2v) is 18.3. The minimum atomic E-state index is 0.576. The zero-order chi connectivity index (χ0) is 46.2. The third-order valence-corrected chi connectivity index (χ3v) is 14.8. The van der Waals surface area contributed by atoms with Crippen LogP contribution in [0.2, 0.25) is 0 Å². The summed E-state index contributed by atoms with van der Waals surface area (Å²) >= 11 is 0. The zero-order valence-electron chi connectivity index (χ0n) is 37.5. The fourth-order valence-corrected chi connectivity index (χ4v) is 11.9. The number of nitrogens with zero attached hydrogens (tertiary/aromatic N) is 6. The van der Waals surface area contributed by atoms with E-state index in [-0.39, 0.29) is 0 Å². The summed E-state index contributed by atoms with van der Waals surface area (Å²) in [5.74, 6) is 0. The van der Waals surface area contributed by atoms with Crippen LogP contribution in [0, 0.1) is 22.7 Å². The minimum Gasteiger partial charge on any atom is -0.309 e. The average Bonchev–Trinajstić information content (AvgIpc) is 4.16. The van der Waals surface area contributed by atoms with E-state index >= 15 is 0 Å². The van der Waals surface area contributed by atoms with Crippen molar-refractivity contribution in [2.24, 2.45) is 0 Å². The molecule has 0 aliphatic carbocycles. The van der Waals surface area contributed by atoms with Gasteiger partial charge in [0.2, 0.25) is 0 Å².